The molecule has 1 saturated heterocycles. The summed E-state index contributed by atoms with van der Waals surface area (Å²) in [6, 6.07) is 1.90. The number of nitrogens with one attached hydrogen (secondary N) is 1. The van der Waals surface area contributed by atoms with Gasteiger partial charge >= 0.3 is 11.9 Å². The molecule has 3 unspecified atom stereocenters. The van der Waals surface area contributed by atoms with E-state index in [4.69, 9.17) is 16.3 Å². The molecular formula is C24H24ClF3N4O4S. The third-order valence-electron chi connectivity index (χ3n) is 6.32. The lowest BCUT2D eigenvalue weighted by atomic mass is 9.94. The highest BCUT2D eigenvalue weighted by molar-refractivity contribution is 7.11. The summed E-state index contributed by atoms with van der Waals surface area (Å²) in [7, 11) is 1.18. The second kappa shape index (κ2) is 10.8. The SMILES string of the molecule is COC(=O)C1=C(CN2CC(F)(F)CC2CC(C)C(=O)O)NC(c2nccs2)=NC1c1ccc(F)cc1Cl. The van der Waals surface area contributed by atoms with Crippen molar-refractivity contribution in [3.8, 4) is 0 Å². The highest BCUT2D eigenvalue weighted by Gasteiger charge is 2.46. The fourth-order valence-electron chi connectivity index (χ4n) is 4.56. The van der Waals surface area contributed by atoms with Gasteiger partial charge in [0.2, 0.25) is 0 Å². The van der Waals surface area contributed by atoms with Crippen LogP contribution in [0.3, 0.4) is 0 Å². The molecule has 1 aromatic heterocycles. The predicted octanol–water partition coefficient (Wildman–Crippen LogP) is 4.27. The number of halogens is 4. The molecule has 3 heterocycles. The first-order valence-corrected chi connectivity index (χ1v) is 12.6. The number of carbonyl (C=O) groups is 2. The van der Waals surface area contributed by atoms with Crippen molar-refractivity contribution < 1.29 is 32.6 Å². The number of esters is 1. The van der Waals surface area contributed by atoms with Crippen LogP contribution in [0.25, 0.3) is 0 Å². The molecule has 13 heteroatoms. The molecule has 0 amide bonds. The largest absolute Gasteiger partial charge is 0.481 e. The number of aliphatic carboxylic acids is 1. The molecule has 2 aliphatic rings. The van der Waals surface area contributed by atoms with Gasteiger partial charge in [0, 0.05) is 46.9 Å². The number of alkyl halides is 2. The molecule has 1 aromatic carbocycles. The third-order valence-corrected chi connectivity index (χ3v) is 7.42. The molecule has 198 valence electrons. The molecule has 2 N–H and O–H groups in total. The Morgan fingerprint density at radius 3 is 2.78 bits per heavy atom. The minimum Gasteiger partial charge on any atom is -0.481 e. The van der Waals surface area contributed by atoms with E-state index in [9.17, 15) is 27.9 Å². The van der Waals surface area contributed by atoms with E-state index in [1.807, 2.05) is 0 Å². The molecule has 1 fully saturated rings. The van der Waals surface area contributed by atoms with Crippen molar-refractivity contribution in [1.29, 1.82) is 0 Å². The highest BCUT2D eigenvalue weighted by Crippen LogP contribution is 2.39. The predicted molar refractivity (Wildman–Crippen MR) is 131 cm³/mol. The molecule has 0 bridgehead atoms. The Labute approximate surface area is 219 Å². The zero-order valence-electron chi connectivity index (χ0n) is 19.9. The molecule has 37 heavy (non-hydrogen) atoms. The number of carbonyl (C=O) groups excluding carboxylic acids is 1. The van der Waals surface area contributed by atoms with Crippen LogP contribution in [-0.4, -0.2) is 64.9 Å². The number of rotatable bonds is 8. The quantitative estimate of drug-likeness (QED) is 0.468. The summed E-state index contributed by atoms with van der Waals surface area (Å²) in [5.74, 6) is -6.02. The van der Waals surface area contributed by atoms with E-state index in [1.54, 1.807) is 11.6 Å². The molecule has 0 radical (unpaired) electrons. The summed E-state index contributed by atoms with van der Waals surface area (Å²) in [5.41, 5.74) is 0.582. The molecule has 3 atom stereocenters. The van der Waals surface area contributed by atoms with Gasteiger partial charge in [0.15, 0.2) is 10.8 Å². The average Bonchev–Trinajstić information content (AvgIpc) is 3.46. The van der Waals surface area contributed by atoms with Crippen molar-refractivity contribution >= 4 is 40.7 Å². The van der Waals surface area contributed by atoms with E-state index < -0.39 is 54.6 Å². The second-order valence-electron chi connectivity index (χ2n) is 8.99. The number of hydrogen-bond donors (Lipinski definition) is 2. The maximum absolute atomic E-state index is 14.5. The number of methoxy groups -OCH3 is 1. The summed E-state index contributed by atoms with van der Waals surface area (Å²) < 4.78 is 47.8. The van der Waals surface area contributed by atoms with Gasteiger partial charge < -0.3 is 15.2 Å². The molecule has 0 aliphatic carbocycles. The number of ether oxygens (including phenoxy) is 1. The molecule has 0 spiro atoms. The van der Waals surface area contributed by atoms with E-state index in [0.29, 0.717) is 10.6 Å². The van der Waals surface area contributed by atoms with Gasteiger partial charge in [0.25, 0.3) is 5.92 Å². The van der Waals surface area contributed by atoms with E-state index in [0.717, 1.165) is 6.07 Å². The van der Waals surface area contributed by atoms with Crippen LogP contribution in [0.5, 0.6) is 0 Å². The van der Waals surface area contributed by atoms with Gasteiger partial charge in [-0.3, -0.25) is 14.7 Å². The number of amidine groups is 1. The Balaban J connectivity index is 1.79. The lowest BCUT2D eigenvalue weighted by Crippen LogP contribution is -2.42. The molecule has 8 nitrogen and oxygen atoms in total. The highest BCUT2D eigenvalue weighted by atomic mass is 35.5. The van der Waals surface area contributed by atoms with Crippen LogP contribution in [0.2, 0.25) is 5.02 Å². The monoisotopic (exact) mass is 556 g/mol. The zero-order chi connectivity index (χ0) is 26.9. The summed E-state index contributed by atoms with van der Waals surface area (Å²) in [4.78, 5) is 34.8. The van der Waals surface area contributed by atoms with Crippen LogP contribution in [0.15, 0.2) is 46.0 Å². The first-order chi connectivity index (χ1) is 17.5. The van der Waals surface area contributed by atoms with Gasteiger partial charge in [0.1, 0.15) is 11.9 Å². The third kappa shape index (κ3) is 5.97. The van der Waals surface area contributed by atoms with Crippen LogP contribution in [0, 0.1) is 11.7 Å². The summed E-state index contributed by atoms with van der Waals surface area (Å²) >= 11 is 7.60. The summed E-state index contributed by atoms with van der Waals surface area (Å²) in [6.45, 7) is 0.709. The van der Waals surface area contributed by atoms with Gasteiger partial charge in [-0.15, -0.1) is 11.3 Å². The number of thiazole rings is 1. The van der Waals surface area contributed by atoms with Gasteiger partial charge in [-0.2, -0.15) is 0 Å². The van der Waals surface area contributed by atoms with Gasteiger partial charge in [0.05, 0.1) is 25.1 Å². The van der Waals surface area contributed by atoms with E-state index in [1.165, 1.54) is 42.4 Å². The number of carboxylic acid groups (broad SMARTS) is 1. The number of aromatic nitrogens is 1. The van der Waals surface area contributed by atoms with Crippen LogP contribution in [-0.2, 0) is 14.3 Å². The summed E-state index contributed by atoms with van der Waals surface area (Å²) in [6.07, 6.45) is 1.06. The fraction of sp³-hybridized carbons (Fsp3) is 0.417. The van der Waals surface area contributed by atoms with Crippen LogP contribution < -0.4 is 5.32 Å². The lowest BCUT2D eigenvalue weighted by Gasteiger charge is -2.31. The number of nitrogens with zero attached hydrogens (tertiary/aromatic N) is 3. The number of aliphatic imine (C=N–C) groups is 1. The van der Waals surface area contributed by atoms with Crippen LogP contribution in [0.4, 0.5) is 13.2 Å². The minimum absolute atomic E-state index is 0.00636. The van der Waals surface area contributed by atoms with Crippen molar-refractivity contribution in [2.75, 3.05) is 20.2 Å². The number of hydrogen-bond acceptors (Lipinski definition) is 8. The standard InChI is InChI=1S/C24H24ClF3N4O4S/c1-12(22(33)34)7-14-9-24(27,28)11-32(14)10-17-18(23(35)36-2)19(15-4-3-13(26)8-16(15)25)31-20(30-17)21-29-5-6-37-21/h3-6,8,12,14,19H,7,9-11H2,1-2H3,(H,30,31)(H,33,34). The first-order valence-electron chi connectivity index (χ1n) is 11.3. The Hall–Kier alpha value is -2.96. The lowest BCUT2D eigenvalue weighted by molar-refractivity contribution is -0.141. The Kier molecular flexibility index (Phi) is 7.91. The minimum atomic E-state index is -3.03. The van der Waals surface area contributed by atoms with Crippen molar-refractivity contribution in [2.45, 2.75) is 37.8 Å². The van der Waals surface area contributed by atoms with Gasteiger partial charge in [-0.05, 0) is 18.6 Å². The Morgan fingerprint density at radius 1 is 1.41 bits per heavy atom. The Morgan fingerprint density at radius 2 is 2.16 bits per heavy atom. The smallest absolute Gasteiger partial charge is 0.338 e. The molecule has 4 rings (SSSR count). The normalized spacial score (nSPS) is 22.4. The topological polar surface area (TPSA) is 104 Å². The van der Waals surface area contributed by atoms with Gasteiger partial charge in [-0.25, -0.2) is 22.9 Å². The van der Waals surface area contributed by atoms with Crippen molar-refractivity contribution in [3.05, 3.63) is 62.5 Å². The van der Waals surface area contributed by atoms with Crippen molar-refractivity contribution in [1.82, 2.24) is 15.2 Å². The number of likely N-dealkylation sites (tertiary alicyclic amines) is 1. The first kappa shape index (κ1) is 27.1. The molecule has 0 saturated carbocycles. The molecule has 2 aromatic rings. The van der Waals surface area contributed by atoms with Gasteiger partial charge in [-0.1, -0.05) is 24.6 Å². The summed E-state index contributed by atoms with van der Waals surface area (Å²) in [5, 5.41) is 14.6. The molecular weight excluding hydrogens is 533 g/mol. The maximum atomic E-state index is 14.5. The Bertz CT molecular complexity index is 1250. The maximum Gasteiger partial charge on any atom is 0.338 e. The van der Waals surface area contributed by atoms with Crippen LogP contribution in [0.1, 0.15) is 36.4 Å². The van der Waals surface area contributed by atoms with Crippen LogP contribution >= 0.6 is 22.9 Å². The van der Waals surface area contributed by atoms with E-state index >= 15 is 0 Å². The molecule has 2 aliphatic heterocycles. The average molecular weight is 557 g/mol. The number of carboxylic acids is 1. The van der Waals surface area contributed by atoms with E-state index in [-0.39, 0.29) is 35.1 Å². The second-order valence-corrected chi connectivity index (χ2v) is 10.3. The van der Waals surface area contributed by atoms with Crippen molar-refractivity contribution in [2.24, 2.45) is 10.9 Å². The van der Waals surface area contributed by atoms with E-state index in [2.05, 4.69) is 15.3 Å². The number of benzene rings is 1. The fourth-order valence-corrected chi connectivity index (χ4v) is 5.42. The zero-order valence-corrected chi connectivity index (χ0v) is 21.5. The van der Waals surface area contributed by atoms with Crippen molar-refractivity contribution in [3.63, 3.8) is 0 Å².